The summed E-state index contributed by atoms with van der Waals surface area (Å²) in [6, 6.07) is 0. The molecule has 2 fully saturated rings. The fourth-order valence-electron chi connectivity index (χ4n) is 3.11. The second kappa shape index (κ2) is 3.78. The van der Waals surface area contributed by atoms with Crippen LogP contribution in [-0.2, 0) is 14.3 Å². The first-order valence-corrected chi connectivity index (χ1v) is 5.92. The normalized spacial score (nSPS) is 44.1. The zero-order chi connectivity index (χ0) is 11.1. The number of esters is 1. The molecule has 3 atom stereocenters. The molecule has 0 aromatic heterocycles. The number of carbonyl (C=O) groups is 1. The number of carbonyl (C=O) groups excluding carboxylic acids is 1. The van der Waals surface area contributed by atoms with Crippen LogP contribution in [0.3, 0.4) is 0 Å². The van der Waals surface area contributed by atoms with Crippen molar-refractivity contribution in [3.63, 3.8) is 0 Å². The molecule has 1 aliphatic carbocycles. The molecular formula is C12H20O3. The molecule has 0 amide bonds. The zero-order valence-corrected chi connectivity index (χ0v) is 9.79. The van der Waals surface area contributed by atoms with Gasteiger partial charge >= 0.3 is 5.97 Å². The molecule has 0 radical (unpaired) electrons. The van der Waals surface area contributed by atoms with Crippen LogP contribution in [0, 0.1) is 11.8 Å². The summed E-state index contributed by atoms with van der Waals surface area (Å²) in [4.78, 5) is 11.5. The van der Waals surface area contributed by atoms with Crippen molar-refractivity contribution in [2.24, 2.45) is 11.8 Å². The van der Waals surface area contributed by atoms with Crippen LogP contribution < -0.4 is 0 Å². The van der Waals surface area contributed by atoms with E-state index in [1.165, 1.54) is 6.42 Å². The van der Waals surface area contributed by atoms with Gasteiger partial charge in [-0.3, -0.25) is 0 Å². The SMILES string of the molecule is CCOC(=O)C1OC12CC(C)CC(C)C2. The molecule has 0 bridgehead atoms. The highest BCUT2D eigenvalue weighted by atomic mass is 16.7. The van der Waals surface area contributed by atoms with E-state index in [0.29, 0.717) is 18.4 Å². The fourth-order valence-corrected chi connectivity index (χ4v) is 3.11. The molecular weight excluding hydrogens is 192 g/mol. The molecule has 1 saturated heterocycles. The van der Waals surface area contributed by atoms with Gasteiger partial charge in [0, 0.05) is 0 Å². The number of ether oxygens (including phenoxy) is 2. The summed E-state index contributed by atoms with van der Waals surface area (Å²) >= 11 is 0. The lowest BCUT2D eigenvalue weighted by Gasteiger charge is -2.29. The number of rotatable bonds is 2. The van der Waals surface area contributed by atoms with Crippen LogP contribution >= 0.6 is 0 Å². The lowest BCUT2D eigenvalue weighted by molar-refractivity contribution is -0.144. The average molecular weight is 212 g/mol. The van der Waals surface area contributed by atoms with Gasteiger partial charge in [-0.2, -0.15) is 0 Å². The van der Waals surface area contributed by atoms with Crippen LogP contribution in [0.15, 0.2) is 0 Å². The van der Waals surface area contributed by atoms with Crippen molar-refractivity contribution in [3.05, 3.63) is 0 Å². The van der Waals surface area contributed by atoms with E-state index in [2.05, 4.69) is 13.8 Å². The highest BCUT2D eigenvalue weighted by Crippen LogP contribution is 2.51. The van der Waals surface area contributed by atoms with Crippen molar-refractivity contribution in [3.8, 4) is 0 Å². The minimum Gasteiger partial charge on any atom is -0.464 e. The molecule has 1 saturated carbocycles. The van der Waals surface area contributed by atoms with Crippen molar-refractivity contribution in [2.75, 3.05) is 6.61 Å². The molecule has 15 heavy (non-hydrogen) atoms. The molecule has 3 nitrogen and oxygen atoms in total. The van der Waals surface area contributed by atoms with E-state index in [1.807, 2.05) is 6.92 Å². The first-order valence-electron chi connectivity index (χ1n) is 5.92. The second-order valence-corrected chi connectivity index (χ2v) is 5.17. The van der Waals surface area contributed by atoms with Gasteiger partial charge in [0.05, 0.1) is 6.61 Å². The molecule has 0 aromatic rings. The standard InChI is InChI=1S/C12H20O3/c1-4-14-11(13)10-12(15-10)6-8(2)5-9(3)7-12/h8-10H,4-7H2,1-3H3. The van der Waals surface area contributed by atoms with Crippen molar-refractivity contribution >= 4 is 5.97 Å². The highest BCUT2D eigenvalue weighted by Gasteiger charge is 2.63. The van der Waals surface area contributed by atoms with E-state index in [1.54, 1.807) is 0 Å². The number of hydrogen-bond donors (Lipinski definition) is 0. The third-order valence-electron chi connectivity index (χ3n) is 3.47. The summed E-state index contributed by atoms with van der Waals surface area (Å²) in [5.74, 6) is 1.15. The minimum atomic E-state index is -0.275. The first kappa shape index (κ1) is 10.9. The van der Waals surface area contributed by atoms with E-state index in [4.69, 9.17) is 9.47 Å². The summed E-state index contributed by atoms with van der Waals surface area (Å²) in [6.45, 7) is 6.75. The second-order valence-electron chi connectivity index (χ2n) is 5.17. The van der Waals surface area contributed by atoms with Crippen molar-refractivity contribution in [2.45, 2.75) is 51.7 Å². The summed E-state index contributed by atoms with van der Waals surface area (Å²) < 4.78 is 10.6. The van der Waals surface area contributed by atoms with Crippen molar-refractivity contribution < 1.29 is 14.3 Å². The Kier molecular flexibility index (Phi) is 2.75. The van der Waals surface area contributed by atoms with Gasteiger partial charge in [0.2, 0.25) is 0 Å². The van der Waals surface area contributed by atoms with E-state index >= 15 is 0 Å². The van der Waals surface area contributed by atoms with Crippen molar-refractivity contribution in [1.82, 2.24) is 0 Å². The molecule has 2 rings (SSSR count). The summed E-state index contributed by atoms with van der Waals surface area (Å²) in [5.41, 5.74) is -0.163. The molecule has 3 unspecified atom stereocenters. The maximum Gasteiger partial charge on any atom is 0.338 e. The predicted octanol–water partition coefficient (Wildman–Crippen LogP) is 2.14. The minimum absolute atomic E-state index is 0.163. The van der Waals surface area contributed by atoms with Crippen LogP contribution in [0.25, 0.3) is 0 Å². The largest absolute Gasteiger partial charge is 0.464 e. The Morgan fingerprint density at radius 1 is 1.40 bits per heavy atom. The van der Waals surface area contributed by atoms with Gasteiger partial charge in [-0.25, -0.2) is 4.79 Å². The van der Waals surface area contributed by atoms with Crippen LogP contribution in [-0.4, -0.2) is 24.3 Å². The number of hydrogen-bond acceptors (Lipinski definition) is 3. The molecule has 86 valence electrons. The van der Waals surface area contributed by atoms with Gasteiger partial charge in [-0.1, -0.05) is 13.8 Å². The lowest BCUT2D eigenvalue weighted by Crippen LogP contribution is -2.31. The van der Waals surface area contributed by atoms with E-state index < -0.39 is 0 Å². The Bertz CT molecular complexity index is 252. The van der Waals surface area contributed by atoms with Gasteiger partial charge in [0.15, 0.2) is 6.10 Å². The van der Waals surface area contributed by atoms with Gasteiger partial charge in [-0.05, 0) is 38.0 Å². The summed E-state index contributed by atoms with van der Waals surface area (Å²) in [7, 11) is 0. The Balaban J connectivity index is 1.96. The molecule has 0 N–H and O–H groups in total. The highest BCUT2D eigenvalue weighted by molar-refractivity contribution is 5.79. The third-order valence-corrected chi connectivity index (χ3v) is 3.47. The molecule has 1 heterocycles. The quantitative estimate of drug-likeness (QED) is 0.520. The third kappa shape index (κ3) is 2.03. The van der Waals surface area contributed by atoms with Gasteiger partial charge in [0.1, 0.15) is 5.60 Å². The Labute approximate surface area is 91.1 Å². The van der Waals surface area contributed by atoms with Gasteiger partial charge in [0.25, 0.3) is 0 Å². The van der Waals surface area contributed by atoms with E-state index in [9.17, 15) is 4.79 Å². The Morgan fingerprint density at radius 3 is 2.53 bits per heavy atom. The summed E-state index contributed by atoms with van der Waals surface area (Å²) in [6.07, 6.45) is 3.00. The van der Waals surface area contributed by atoms with Crippen molar-refractivity contribution in [1.29, 1.82) is 0 Å². The molecule has 2 aliphatic rings. The number of epoxide rings is 1. The summed E-state index contributed by atoms with van der Waals surface area (Å²) in [5, 5.41) is 0. The van der Waals surface area contributed by atoms with Crippen LogP contribution in [0.1, 0.15) is 40.0 Å². The van der Waals surface area contributed by atoms with Crippen LogP contribution in [0.2, 0.25) is 0 Å². The monoisotopic (exact) mass is 212 g/mol. The molecule has 3 heteroatoms. The average Bonchev–Trinajstić information content (AvgIpc) is 2.77. The predicted molar refractivity (Wildman–Crippen MR) is 56.4 cm³/mol. The van der Waals surface area contributed by atoms with Crippen LogP contribution in [0.4, 0.5) is 0 Å². The maximum absolute atomic E-state index is 11.5. The molecule has 0 aromatic carbocycles. The first-order chi connectivity index (χ1) is 7.07. The Morgan fingerprint density at radius 2 is 2.00 bits per heavy atom. The molecule has 1 aliphatic heterocycles. The lowest BCUT2D eigenvalue weighted by atomic mass is 9.75. The maximum atomic E-state index is 11.5. The Hall–Kier alpha value is -0.570. The van der Waals surface area contributed by atoms with Crippen LogP contribution in [0.5, 0.6) is 0 Å². The van der Waals surface area contributed by atoms with Gasteiger partial charge < -0.3 is 9.47 Å². The topological polar surface area (TPSA) is 38.8 Å². The van der Waals surface area contributed by atoms with E-state index in [0.717, 1.165) is 12.8 Å². The smallest absolute Gasteiger partial charge is 0.338 e. The van der Waals surface area contributed by atoms with E-state index in [-0.39, 0.29) is 17.7 Å². The van der Waals surface area contributed by atoms with Gasteiger partial charge in [-0.15, -0.1) is 0 Å². The fraction of sp³-hybridized carbons (Fsp3) is 0.917. The zero-order valence-electron chi connectivity index (χ0n) is 9.79. The molecule has 1 spiro atoms.